The summed E-state index contributed by atoms with van der Waals surface area (Å²) in [7, 11) is -3.93. The summed E-state index contributed by atoms with van der Waals surface area (Å²) in [5.74, 6) is -1.99. The summed E-state index contributed by atoms with van der Waals surface area (Å²) in [5.41, 5.74) is -0.0559. The Morgan fingerprint density at radius 1 is 1.25 bits per heavy atom. The number of nitrogens with one attached hydrogen (secondary N) is 2. The van der Waals surface area contributed by atoms with Crippen molar-refractivity contribution >= 4 is 27.8 Å². The number of benzene rings is 1. The maximum Gasteiger partial charge on any atom is 0.335 e. The predicted octanol–water partition coefficient (Wildman–Crippen LogP) is -0.215. The van der Waals surface area contributed by atoms with Crippen molar-refractivity contribution in [2.75, 3.05) is 4.72 Å². The quantitative estimate of drug-likeness (QED) is 0.630. The molecule has 8 heteroatoms. The molecule has 1 heterocycles. The Bertz CT molecular complexity index is 592. The fraction of sp³-hybridized carbons (Fsp3) is 0. The van der Waals surface area contributed by atoms with E-state index in [1.54, 1.807) is 4.72 Å². The van der Waals surface area contributed by atoms with Gasteiger partial charge in [0.25, 0.3) is 5.91 Å². The molecule has 0 saturated carbocycles. The Kier molecular flexibility index (Phi) is 2.09. The number of carboxylic acid groups (broad SMARTS) is 1. The number of carbonyl (C=O) groups excluding carboxylic acids is 1. The van der Waals surface area contributed by atoms with Gasteiger partial charge < -0.3 is 5.11 Å². The highest BCUT2D eigenvalue weighted by molar-refractivity contribution is 7.91. The minimum Gasteiger partial charge on any atom is -0.478 e. The third kappa shape index (κ3) is 1.70. The van der Waals surface area contributed by atoms with Crippen LogP contribution in [0.15, 0.2) is 18.2 Å². The SMILES string of the molecule is O=C(O)c1ccc2c(c1)NS(=O)(=O)NC2=O. The Morgan fingerprint density at radius 2 is 1.94 bits per heavy atom. The van der Waals surface area contributed by atoms with E-state index in [9.17, 15) is 18.0 Å². The zero-order chi connectivity index (χ0) is 11.9. The van der Waals surface area contributed by atoms with Gasteiger partial charge in [0.05, 0.1) is 16.8 Å². The van der Waals surface area contributed by atoms with E-state index in [0.29, 0.717) is 0 Å². The first kappa shape index (κ1) is 10.4. The lowest BCUT2D eigenvalue weighted by Gasteiger charge is -2.18. The van der Waals surface area contributed by atoms with Crippen molar-refractivity contribution in [3.63, 3.8) is 0 Å². The molecule has 7 nitrogen and oxygen atoms in total. The molecule has 0 unspecified atom stereocenters. The fourth-order valence-corrected chi connectivity index (χ4v) is 2.17. The number of anilines is 1. The lowest BCUT2D eigenvalue weighted by molar-refractivity contribution is 0.0696. The van der Waals surface area contributed by atoms with Gasteiger partial charge in [-0.15, -0.1) is 0 Å². The van der Waals surface area contributed by atoms with E-state index in [-0.39, 0.29) is 16.8 Å². The van der Waals surface area contributed by atoms with Crippen LogP contribution >= 0.6 is 0 Å². The molecule has 0 bridgehead atoms. The first-order valence-electron chi connectivity index (χ1n) is 4.11. The Morgan fingerprint density at radius 3 is 2.56 bits per heavy atom. The molecular weight excluding hydrogens is 236 g/mol. The van der Waals surface area contributed by atoms with Crippen LogP contribution in [0.4, 0.5) is 5.69 Å². The van der Waals surface area contributed by atoms with Crippen LogP contribution in [0, 0.1) is 0 Å². The highest BCUT2D eigenvalue weighted by atomic mass is 32.2. The number of rotatable bonds is 1. The molecule has 16 heavy (non-hydrogen) atoms. The summed E-state index contributed by atoms with van der Waals surface area (Å²) in [6, 6.07) is 3.56. The molecule has 0 spiro atoms. The maximum atomic E-state index is 11.3. The first-order chi connectivity index (χ1) is 7.39. The normalized spacial score (nSPS) is 16.9. The molecule has 0 atom stereocenters. The van der Waals surface area contributed by atoms with Crippen molar-refractivity contribution in [1.29, 1.82) is 0 Å². The summed E-state index contributed by atoms with van der Waals surface area (Å²) < 4.78 is 26.0. The van der Waals surface area contributed by atoms with Gasteiger partial charge >= 0.3 is 16.2 Å². The monoisotopic (exact) mass is 242 g/mol. The van der Waals surface area contributed by atoms with Crippen molar-refractivity contribution < 1.29 is 23.1 Å². The summed E-state index contributed by atoms with van der Waals surface area (Å²) >= 11 is 0. The topological polar surface area (TPSA) is 113 Å². The zero-order valence-corrected chi connectivity index (χ0v) is 8.54. The number of carbonyl (C=O) groups is 2. The third-order valence-electron chi connectivity index (χ3n) is 1.98. The molecule has 0 fully saturated rings. The lowest BCUT2D eigenvalue weighted by Crippen LogP contribution is -2.40. The lowest BCUT2D eigenvalue weighted by atomic mass is 10.1. The molecule has 1 amide bonds. The molecule has 3 N–H and O–H groups in total. The molecule has 84 valence electrons. The van der Waals surface area contributed by atoms with Crippen molar-refractivity contribution in [3.05, 3.63) is 29.3 Å². The number of carboxylic acids is 1. The Labute approximate surface area is 90.3 Å². The van der Waals surface area contributed by atoms with Crippen LogP contribution in [-0.4, -0.2) is 25.4 Å². The maximum absolute atomic E-state index is 11.3. The number of fused-ring (bicyclic) bond motifs is 1. The minimum atomic E-state index is -3.93. The highest BCUT2D eigenvalue weighted by Gasteiger charge is 2.26. The summed E-state index contributed by atoms with van der Waals surface area (Å²) in [6.45, 7) is 0. The third-order valence-corrected chi connectivity index (χ3v) is 2.93. The Hall–Kier alpha value is -2.09. The van der Waals surface area contributed by atoms with Crippen LogP contribution in [0.1, 0.15) is 20.7 Å². The van der Waals surface area contributed by atoms with E-state index >= 15 is 0 Å². The van der Waals surface area contributed by atoms with Gasteiger partial charge in [-0.25, -0.2) is 9.52 Å². The standard InChI is InChI=1S/C8H6N2O5S/c11-7-5-2-1-4(8(12)13)3-6(5)9-16(14,15)10-7/h1-3,9H,(H,10,11)(H,12,13). The van der Waals surface area contributed by atoms with E-state index in [2.05, 4.69) is 0 Å². The highest BCUT2D eigenvalue weighted by Crippen LogP contribution is 2.22. The largest absolute Gasteiger partial charge is 0.478 e. The second-order valence-electron chi connectivity index (χ2n) is 3.10. The fourth-order valence-electron chi connectivity index (χ4n) is 1.31. The number of hydrogen-bond acceptors (Lipinski definition) is 4. The molecule has 2 rings (SSSR count). The smallest absolute Gasteiger partial charge is 0.335 e. The van der Waals surface area contributed by atoms with Crippen LogP contribution in [-0.2, 0) is 10.2 Å². The molecule has 1 aromatic rings. The average molecular weight is 242 g/mol. The van der Waals surface area contributed by atoms with Crippen molar-refractivity contribution in [2.45, 2.75) is 0 Å². The molecule has 0 aliphatic carbocycles. The van der Waals surface area contributed by atoms with Gasteiger partial charge in [-0.1, -0.05) is 0 Å². The predicted molar refractivity (Wildman–Crippen MR) is 53.4 cm³/mol. The molecule has 0 saturated heterocycles. The average Bonchev–Trinajstić information content (AvgIpc) is 2.14. The van der Waals surface area contributed by atoms with Gasteiger partial charge in [0, 0.05) is 0 Å². The number of aromatic carboxylic acids is 1. The zero-order valence-electron chi connectivity index (χ0n) is 7.72. The number of hydrogen-bond donors (Lipinski definition) is 3. The Balaban J connectivity index is 2.59. The van der Waals surface area contributed by atoms with Crippen LogP contribution in [0.2, 0.25) is 0 Å². The molecule has 1 aliphatic rings. The van der Waals surface area contributed by atoms with E-state index in [1.165, 1.54) is 12.1 Å². The summed E-state index contributed by atoms with van der Waals surface area (Å²) in [6.07, 6.45) is 0. The molecule has 0 aromatic heterocycles. The summed E-state index contributed by atoms with van der Waals surface area (Å²) in [5, 5.41) is 8.70. The molecule has 1 aliphatic heterocycles. The van der Waals surface area contributed by atoms with E-state index < -0.39 is 22.1 Å². The van der Waals surface area contributed by atoms with Crippen molar-refractivity contribution in [3.8, 4) is 0 Å². The first-order valence-corrected chi connectivity index (χ1v) is 5.59. The van der Waals surface area contributed by atoms with E-state index in [0.717, 1.165) is 6.07 Å². The van der Waals surface area contributed by atoms with Gasteiger partial charge in [0.1, 0.15) is 0 Å². The van der Waals surface area contributed by atoms with Gasteiger partial charge in [-0.2, -0.15) is 8.42 Å². The number of amides is 1. The van der Waals surface area contributed by atoms with Crippen molar-refractivity contribution in [1.82, 2.24) is 4.72 Å². The van der Waals surface area contributed by atoms with Gasteiger partial charge in [-0.3, -0.25) is 9.52 Å². The van der Waals surface area contributed by atoms with E-state index in [4.69, 9.17) is 5.11 Å². The van der Waals surface area contributed by atoms with Crippen LogP contribution in [0.3, 0.4) is 0 Å². The van der Waals surface area contributed by atoms with Crippen LogP contribution < -0.4 is 9.44 Å². The van der Waals surface area contributed by atoms with E-state index in [1.807, 2.05) is 4.72 Å². The molecular formula is C8H6N2O5S. The van der Waals surface area contributed by atoms with Gasteiger partial charge in [0.15, 0.2) is 0 Å². The molecule has 0 radical (unpaired) electrons. The molecule has 1 aromatic carbocycles. The van der Waals surface area contributed by atoms with Gasteiger partial charge in [-0.05, 0) is 18.2 Å². The minimum absolute atomic E-state index is 0.0383. The van der Waals surface area contributed by atoms with Crippen LogP contribution in [0.25, 0.3) is 0 Å². The van der Waals surface area contributed by atoms with Gasteiger partial charge in [0.2, 0.25) is 0 Å². The second-order valence-corrected chi connectivity index (χ2v) is 4.52. The summed E-state index contributed by atoms with van der Waals surface area (Å²) in [4.78, 5) is 22.0. The van der Waals surface area contributed by atoms with Crippen LogP contribution in [0.5, 0.6) is 0 Å². The van der Waals surface area contributed by atoms with Crippen molar-refractivity contribution in [2.24, 2.45) is 0 Å². The second kappa shape index (κ2) is 3.20.